The molecule has 6 heteroatoms. The van der Waals surface area contributed by atoms with Gasteiger partial charge in [0.25, 0.3) is 0 Å². The van der Waals surface area contributed by atoms with Gasteiger partial charge in [0.05, 0.1) is 31.6 Å². The molecule has 4 nitrogen and oxygen atoms in total. The summed E-state index contributed by atoms with van der Waals surface area (Å²) >= 11 is 3.56. The fraction of sp³-hybridized carbons (Fsp3) is 0.0179. The minimum absolute atomic E-state index is 0.0837. The van der Waals surface area contributed by atoms with E-state index in [2.05, 4.69) is 215 Å². The Morgan fingerprint density at radius 1 is 0.484 bits per heavy atom. The number of fused-ring (bicyclic) bond motifs is 6. The van der Waals surface area contributed by atoms with E-state index in [0.717, 1.165) is 60.3 Å². The molecule has 0 saturated carbocycles. The van der Waals surface area contributed by atoms with Gasteiger partial charge in [-0.15, -0.1) is 22.7 Å². The van der Waals surface area contributed by atoms with Gasteiger partial charge in [-0.3, -0.25) is 0 Å². The molecule has 0 fully saturated rings. The van der Waals surface area contributed by atoms with Gasteiger partial charge in [0, 0.05) is 46.0 Å². The summed E-state index contributed by atoms with van der Waals surface area (Å²) in [4.78, 5) is 10.7. The van der Waals surface area contributed by atoms with Crippen molar-refractivity contribution < 1.29 is 0 Å². The summed E-state index contributed by atoms with van der Waals surface area (Å²) in [6.07, 6.45) is 0. The normalized spacial score (nSPS) is 13.9. The van der Waals surface area contributed by atoms with Crippen molar-refractivity contribution in [2.24, 2.45) is 0 Å². The highest BCUT2D eigenvalue weighted by atomic mass is 32.1. The molecule has 0 aliphatic carbocycles. The Hall–Kier alpha value is -7.51. The maximum Gasteiger partial charge on any atom is 0.216 e. The molecule has 0 saturated heterocycles. The second-order valence-electron chi connectivity index (χ2n) is 15.9. The van der Waals surface area contributed by atoms with Gasteiger partial charge < -0.3 is 4.57 Å². The second kappa shape index (κ2) is 14.0. The Morgan fingerprint density at radius 2 is 1.05 bits per heavy atom. The summed E-state index contributed by atoms with van der Waals surface area (Å²) in [5, 5.41) is 8.15. The zero-order chi connectivity index (χ0) is 40.7. The van der Waals surface area contributed by atoms with E-state index in [1.807, 2.05) is 0 Å². The average molecular weight is 828 g/mol. The number of nitrogens with zero attached hydrogens (tertiary/aromatic N) is 4. The topological polar surface area (TPSA) is 33.7 Å². The lowest BCUT2D eigenvalue weighted by Gasteiger charge is -2.14. The van der Waals surface area contributed by atoms with Crippen LogP contribution in [0.1, 0.15) is 22.1 Å². The van der Waals surface area contributed by atoms with Crippen LogP contribution in [0.3, 0.4) is 0 Å². The third kappa shape index (κ3) is 5.54. The minimum Gasteiger partial charge on any atom is -0.309 e. The van der Waals surface area contributed by atoms with Crippen LogP contribution >= 0.6 is 22.7 Å². The summed E-state index contributed by atoms with van der Waals surface area (Å²) in [5.41, 5.74) is 13.6. The largest absolute Gasteiger partial charge is 0.309 e. The number of hydrogen-bond donors (Lipinski definition) is 0. The highest BCUT2D eigenvalue weighted by Crippen LogP contribution is 2.49. The van der Waals surface area contributed by atoms with Crippen molar-refractivity contribution >= 4 is 92.6 Å². The third-order valence-corrected chi connectivity index (χ3v) is 14.5. The van der Waals surface area contributed by atoms with E-state index in [9.17, 15) is 0 Å². The molecule has 3 aromatic heterocycles. The summed E-state index contributed by atoms with van der Waals surface area (Å²) in [7, 11) is 0. The first kappa shape index (κ1) is 35.3. The van der Waals surface area contributed by atoms with E-state index in [1.165, 1.54) is 53.3 Å². The molecule has 0 N–H and O–H groups in total. The second-order valence-corrected chi connectivity index (χ2v) is 18.0. The maximum atomic E-state index is 5.36. The Kier molecular flexibility index (Phi) is 7.98. The standard InChI is InChI=1S/C56H35N4S2/c1-3-19-41(20-4-1)59-47-33-39-17-9-7-15-37(39)31-43(47)51(55-57-45-23-11-13-25-49(45)61-55)53(59)35-27-29-36(30-28-35)54-52(56-58-46-24-12-14-26-50(46)62-56)44-32-38-16-8-10-18-40(38)34-48(44)60(54)42-21-5-2-6-22-42/h1-34,51H/q+1. The first-order valence-corrected chi connectivity index (χ1v) is 22.6. The number of aromatic nitrogens is 3. The first-order chi connectivity index (χ1) is 30.7. The summed E-state index contributed by atoms with van der Waals surface area (Å²) in [5.74, 6) is -0.0837. The Labute approximate surface area is 365 Å². The van der Waals surface area contributed by atoms with E-state index in [0.29, 0.717) is 0 Å². The van der Waals surface area contributed by atoms with Crippen LogP contribution in [-0.4, -0.2) is 20.2 Å². The van der Waals surface area contributed by atoms with Crippen LogP contribution in [0.2, 0.25) is 0 Å². The summed E-state index contributed by atoms with van der Waals surface area (Å²) in [6, 6.07) is 74.7. The lowest BCUT2D eigenvalue weighted by Crippen LogP contribution is -2.19. The Morgan fingerprint density at radius 3 is 1.74 bits per heavy atom. The van der Waals surface area contributed by atoms with Gasteiger partial charge in [0.15, 0.2) is 0 Å². The molecule has 4 heterocycles. The van der Waals surface area contributed by atoms with E-state index < -0.39 is 0 Å². The van der Waals surface area contributed by atoms with Crippen LogP contribution in [0.4, 0.5) is 11.4 Å². The molecule has 0 bridgehead atoms. The number of para-hydroxylation sites is 4. The van der Waals surface area contributed by atoms with Gasteiger partial charge >= 0.3 is 0 Å². The monoisotopic (exact) mass is 827 g/mol. The van der Waals surface area contributed by atoms with Crippen molar-refractivity contribution in [1.29, 1.82) is 0 Å². The van der Waals surface area contributed by atoms with E-state index in [-0.39, 0.29) is 5.92 Å². The lowest BCUT2D eigenvalue weighted by atomic mass is 9.90. The maximum absolute atomic E-state index is 5.36. The van der Waals surface area contributed by atoms with Crippen LogP contribution in [0.5, 0.6) is 0 Å². The van der Waals surface area contributed by atoms with E-state index >= 15 is 0 Å². The van der Waals surface area contributed by atoms with Crippen molar-refractivity contribution in [2.75, 3.05) is 0 Å². The van der Waals surface area contributed by atoms with Crippen LogP contribution in [0.25, 0.3) is 80.4 Å². The smallest absolute Gasteiger partial charge is 0.216 e. The van der Waals surface area contributed by atoms with Crippen LogP contribution in [0, 0.1) is 0 Å². The zero-order valence-electron chi connectivity index (χ0n) is 33.3. The van der Waals surface area contributed by atoms with Crippen molar-refractivity contribution in [2.45, 2.75) is 5.92 Å². The predicted molar refractivity (Wildman–Crippen MR) is 262 cm³/mol. The Bertz CT molecular complexity index is 3680. The van der Waals surface area contributed by atoms with Gasteiger partial charge in [-0.2, -0.15) is 4.58 Å². The van der Waals surface area contributed by atoms with Gasteiger partial charge in [0.2, 0.25) is 17.1 Å². The molecule has 1 unspecified atom stereocenters. The van der Waals surface area contributed by atoms with Gasteiger partial charge in [0.1, 0.15) is 15.9 Å². The number of rotatable bonds is 6. The molecule has 0 radical (unpaired) electrons. The van der Waals surface area contributed by atoms with Gasteiger partial charge in [-0.1, -0.05) is 121 Å². The van der Waals surface area contributed by atoms with Crippen LogP contribution < -0.4 is 4.58 Å². The van der Waals surface area contributed by atoms with Crippen LogP contribution in [-0.2, 0) is 0 Å². The molecule has 9 aromatic carbocycles. The molecule has 1 aliphatic rings. The minimum atomic E-state index is -0.0837. The molecule has 290 valence electrons. The van der Waals surface area contributed by atoms with Crippen molar-refractivity contribution in [3.05, 3.63) is 222 Å². The Balaban J connectivity index is 1.08. The van der Waals surface area contributed by atoms with Crippen molar-refractivity contribution in [1.82, 2.24) is 19.1 Å². The number of thiazole rings is 2. The molecular weight excluding hydrogens is 793 g/mol. The molecule has 0 amide bonds. The lowest BCUT2D eigenvalue weighted by molar-refractivity contribution is 1.07. The van der Waals surface area contributed by atoms with Crippen molar-refractivity contribution in [3.63, 3.8) is 0 Å². The fourth-order valence-corrected chi connectivity index (χ4v) is 11.7. The number of hydrogen-bond acceptors (Lipinski definition) is 4. The quantitative estimate of drug-likeness (QED) is 0.157. The van der Waals surface area contributed by atoms with Gasteiger partial charge in [-0.05, 0) is 93.8 Å². The zero-order valence-corrected chi connectivity index (χ0v) is 34.9. The predicted octanol–water partition coefficient (Wildman–Crippen LogP) is 15.0. The highest BCUT2D eigenvalue weighted by Gasteiger charge is 2.44. The van der Waals surface area contributed by atoms with Gasteiger partial charge in [-0.25, -0.2) is 9.97 Å². The average Bonchev–Trinajstić information content (AvgIpc) is 4.11. The van der Waals surface area contributed by atoms with Crippen LogP contribution in [0.15, 0.2) is 206 Å². The molecular formula is C56H35N4S2+. The molecule has 1 atom stereocenters. The molecule has 12 aromatic rings. The summed E-state index contributed by atoms with van der Waals surface area (Å²) in [6.45, 7) is 0. The molecule has 62 heavy (non-hydrogen) atoms. The highest BCUT2D eigenvalue weighted by molar-refractivity contribution is 7.21. The van der Waals surface area contributed by atoms with E-state index in [1.54, 1.807) is 22.7 Å². The third-order valence-electron chi connectivity index (χ3n) is 12.3. The molecule has 13 rings (SSSR count). The SMILES string of the molecule is c1ccc(-n2c(-c3ccc(C4=[N+](c5ccccc5)c5cc6ccccc6cc5C4c4nc5ccccc5s4)cc3)c(-c3nc4ccccc4s3)c3cc4ccccc4cc32)cc1. The summed E-state index contributed by atoms with van der Waals surface area (Å²) < 4.78 is 7.30. The number of benzene rings is 9. The molecule has 1 aliphatic heterocycles. The molecule has 0 spiro atoms. The fourth-order valence-electron chi connectivity index (χ4n) is 9.58. The van der Waals surface area contributed by atoms with Crippen molar-refractivity contribution in [3.8, 4) is 27.5 Å². The first-order valence-electron chi connectivity index (χ1n) is 20.9. The van der Waals surface area contributed by atoms with E-state index in [4.69, 9.17) is 9.97 Å².